The number of likely N-dealkylation sites (tertiary alicyclic amines) is 1. The van der Waals surface area contributed by atoms with Crippen LogP contribution in [0, 0.1) is 11.8 Å². The molecule has 0 aliphatic carbocycles. The first-order chi connectivity index (χ1) is 10.9. The molecule has 2 atom stereocenters. The van der Waals surface area contributed by atoms with E-state index in [0.717, 1.165) is 6.42 Å². The average molecular weight is 327 g/mol. The van der Waals surface area contributed by atoms with E-state index in [4.69, 9.17) is 10.5 Å². The number of carbonyl (C=O) groups excluding carboxylic acids is 3. The minimum atomic E-state index is -0.478. The molecule has 0 aromatic heterocycles. The SMILES string of the molecule is CCOC(=O)CNC(=O)C1CCN(C(=O)C(N)C(C)CC)CC1. The third-order valence-corrected chi connectivity index (χ3v) is 4.43. The third-order valence-electron chi connectivity index (χ3n) is 4.43. The highest BCUT2D eigenvalue weighted by molar-refractivity contribution is 5.84. The van der Waals surface area contributed by atoms with Crippen molar-refractivity contribution in [2.45, 2.75) is 46.1 Å². The molecular weight excluding hydrogens is 298 g/mol. The lowest BCUT2D eigenvalue weighted by molar-refractivity contribution is -0.144. The first-order valence-electron chi connectivity index (χ1n) is 8.38. The van der Waals surface area contributed by atoms with Crippen LogP contribution in [0.3, 0.4) is 0 Å². The maximum Gasteiger partial charge on any atom is 0.325 e. The first-order valence-corrected chi connectivity index (χ1v) is 8.38. The molecular formula is C16H29N3O4. The van der Waals surface area contributed by atoms with Gasteiger partial charge in [-0.15, -0.1) is 0 Å². The fraction of sp³-hybridized carbons (Fsp3) is 0.812. The zero-order valence-electron chi connectivity index (χ0n) is 14.3. The largest absolute Gasteiger partial charge is 0.465 e. The Morgan fingerprint density at radius 2 is 1.87 bits per heavy atom. The van der Waals surface area contributed by atoms with Crippen LogP contribution in [0.5, 0.6) is 0 Å². The molecule has 1 fully saturated rings. The number of hydrogen-bond acceptors (Lipinski definition) is 5. The molecule has 2 unspecified atom stereocenters. The van der Waals surface area contributed by atoms with E-state index in [-0.39, 0.29) is 30.2 Å². The summed E-state index contributed by atoms with van der Waals surface area (Å²) >= 11 is 0. The molecule has 0 aromatic carbocycles. The van der Waals surface area contributed by atoms with Gasteiger partial charge in [-0.25, -0.2) is 0 Å². The highest BCUT2D eigenvalue weighted by Crippen LogP contribution is 2.19. The van der Waals surface area contributed by atoms with Crippen molar-refractivity contribution in [2.24, 2.45) is 17.6 Å². The predicted octanol–water partition coefficient (Wildman–Crippen LogP) is 0.278. The molecule has 3 N–H and O–H groups in total. The lowest BCUT2D eigenvalue weighted by Gasteiger charge is -2.34. The van der Waals surface area contributed by atoms with E-state index in [0.29, 0.717) is 32.5 Å². The monoisotopic (exact) mass is 327 g/mol. The summed E-state index contributed by atoms with van der Waals surface area (Å²) in [6, 6.07) is -0.478. The number of rotatable bonds is 7. The molecule has 23 heavy (non-hydrogen) atoms. The minimum Gasteiger partial charge on any atom is -0.465 e. The summed E-state index contributed by atoms with van der Waals surface area (Å²) in [5.41, 5.74) is 5.98. The van der Waals surface area contributed by atoms with Gasteiger partial charge < -0.3 is 20.7 Å². The van der Waals surface area contributed by atoms with Crippen molar-refractivity contribution in [1.29, 1.82) is 0 Å². The summed E-state index contributed by atoms with van der Waals surface area (Å²) in [5, 5.41) is 2.59. The van der Waals surface area contributed by atoms with E-state index in [1.165, 1.54) is 0 Å². The number of hydrogen-bond donors (Lipinski definition) is 2. The van der Waals surface area contributed by atoms with Crippen molar-refractivity contribution in [3.8, 4) is 0 Å². The average Bonchev–Trinajstić information content (AvgIpc) is 2.58. The predicted molar refractivity (Wildman–Crippen MR) is 86.4 cm³/mol. The molecule has 7 nitrogen and oxygen atoms in total. The van der Waals surface area contributed by atoms with E-state index in [1.807, 2.05) is 13.8 Å². The van der Waals surface area contributed by atoms with Crippen molar-refractivity contribution < 1.29 is 19.1 Å². The second-order valence-corrected chi connectivity index (χ2v) is 6.03. The normalized spacial score (nSPS) is 18.2. The quantitative estimate of drug-likeness (QED) is 0.654. The Balaban J connectivity index is 2.38. The molecule has 1 heterocycles. The van der Waals surface area contributed by atoms with Crippen LogP contribution in [0.15, 0.2) is 0 Å². The smallest absolute Gasteiger partial charge is 0.325 e. The summed E-state index contributed by atoms with van der Waals surface area (Å²) in [6.45, 7) is 6.95. The second-order valence-electron chi connectivity index (χ2n) is 6.03. The molecule has 1 aliphatic rings. The molecule has 0 radical (unpaired) electrons. The Labute approximate surface area is 137 Å². The standard InChI is InChI=1S/C16H29N3O4/c1-4-11(3)14(17)16(22)19-8-6-12(7-9-19)15(21)18-10-13(20)23-5-2/h11-12,14H,4-10,17H2,1-3H3,(H,18,21). The lowest BCUT2D eigenvalue weighted by atomic mass is 9.93. The summed E-state index contributed by atoms with van der Waals surface area (Å²) in [6.07, 6.45) is 2.04. The van der Waals surface area contributed by atoms with E-state index < -0.39 is 12.0 Å². The molecule has 1 saturated heterocycles. The van der Waals surface area contributed by atoms with Gasteiger partial charge in [-0.1, -0.05) is 20.3 Å². The summed E-state index contributed by atoms with van der Waals surface area (Å²) in [7, 11) is 0. The first kappa shape index (κ1) is 19.4. The third kappa shape index (κ3) is 5.82. The van der Waals surface area contributed by atoms with Gasteiger partial charge >= 0.3 is 5.97 Å². The fourth-order valence-electron chi connectivity index (χ4n) is 2.59. The summed E-state index contributed by atoms with van der Waals surface area (Å²) in [4.78, 5) is 37.3. The molecule has 1 rings (SSSR count). The molecule has 1 aliphatic heterocycles. The van der Waals surface area contributed by atoms with Gasteiger partial charge in [0.25, 0.3) is 0 Å². The number of esters is 1. The second kappa shape index (κ2) is 9.50. The number of amides is 2. The molecule has 0 saturated carbocycles. The van der Waals surface area contributed by atoms with Crippen LogP contribution in [0.4, 0.5) is 0 Å². The van der Waals surface area contributed by atoms with Crippen molar-refractivity contribution in [3.63, 3.8) is 0 Å². The van der Waals surface area contributed by atoms with Gasteiger partial charge in [-0.05, 0) is 25.7 Å². The number of nitrogens with one attached hydrogen (secondary N) is 1. The van der Waals surface area contributed by atoms with E-state index in [1.54, 1.807) is 11.8 Å². The van der Waals surface area contributed by atoms with Gasteiger partial charge in [-0.2, -0.15) is 0 Å². The Hall–Kier alpha value is -1.63. The minimum absolute atomic E-state index is 0.0373. The van der Waals surface area contributed by atoms with Crippen molar-refractivity contribution >= 4 is 17.8 Å². The number of nitrogens with two attached hydrogens (primary N) is 1. The van der Waals surface area contributed by atoms with Crippen LogP contribution in [-0.2, 0) is 19.1 Å². The Bertz CT molecular complexity index is 420. The van der Waals surface area contributed by atoms with Gasteiger partial charge in [0.2, 0.25) is 11.8 Å². The molecule has 0 spiro atoms. The van der Waals surface area contributed by atoms with Crippen LogP contribution >= 0.6 is 0 Å². The Kier molecular flexibility index (Phi) is 8.02. The maximum absolute atomic E-state index is 12.3. The van der Waals surface area contributed by atoms with Gasteiger partial charge in [0.1, 0.15) is 6.54 Å². The van der Waals surface area contributed by atoms with E-state index in [9.17, 15) is 14.4 Å². The fourth-order valence-corrected chi connectivity index (χ4v) is 2.59. The topological polar surface area (TPSA) is 102 Å². The molecule has 7 heteroatoms. The van der Waals surface area contributed by atoms with Crippen molar-refractivity contribution in [2.75, 3.05) is 26.2 Å². The molecule has 0 bridgehead atoms. The van der Waals surface area contributed by atoms with Crippen LogP contribution in [-0.4, -0.2) is 55.0 Å². The van der Waals surface area contributed by atoms with Gasteiger partial charge in [0.05, 0.1) is 12.6 Å². The maximum atomic E-state index is 12.3. The van der Waals surface area contributed by atoms with Crippen molar-refractivity contribution in [1.82, 2.24) is 10.2 Å². The van der Waals surface area contributed by atoms with Crippen LogP contribution in [0.1, 0.15) is 40.0 Å². The van der Waals surface area contributed by atoms with Crippen LogP contribution < -0.4 is 11.1 Å². The van der Waals surface area contributed by atoms with Gasteiger partial charge in [0.15, 0.2) is 0 Å². The highest BCUT2D eigenvalue weighted by Gasteiger charge is 2.31. The zero-order chi connectivity index (χ0) is 17.4. The lowest BCUT2D eigenvalue weighted by Crippen LogP contribution is -2.51. The molecule has 2 amide bonds. The number of piperidine rings is 1. The highest BCUT2D eigenvalue weighted by atomic mass is 16.5. The van der Waals surface area contributed by atoms with Crippen LogP contribution in [0.2, 0.25) is 0 Å². The number of carbonyl (C=O) groups is 3. The van der Waals surface area contributed by atoms with Gasteiger partial charge in [0, 0.05) is 19.0 Å². The summed E-state index contributed by atoms with van der Waals surface area (Å²) in [5.74, 6) is -0.657. The van der Waals surface area contributed by atoms with Gasteiger partial charge in [-0.3, -0.25) is 14.4 Å². The van der Waals surface area contributed by atoms with E-state index in [2.05, 4.69) is 5.32 Å². The van der Waals surface area contributed by atoms with Crippen LogP contribution in [0.25, 0.3) is 0 Å². The summed E-state index contributed by atoms with van der Waals surface area (Å²) < 4.78 is 4.77. The number of ether oxygens (including phenoxy) is 1. The molecule has 0 aromatic rings. The Morgan fingerprint density at radius 3 is 2.39 bits per heavy atom. The molecule has 132 valence electrons. The van der Waals surface area contributed by atoms with E-state index >= 15 is 0 Å². The number of nitrogens with zero attached hydrogens (tertiary/aromatic N) is 1. The van der Waals surface area contributed by atoms with Crippen molar-refractivity contribution in [3.05, 3.63) is 0 Å². The Morgan fingerprint density at radius 1 is 1.26 bits per heavy atom. The zero-order valence-corrected chi connectivity index (χ0v) is 14.3.